The van der Waals surface area contributed by atoms with Crippen molar-refractivity contribution in [2.75, 3.05) is 18.8 Å². The molecule has 1 aromatic carbocycles. The molecule has 5 nitrogen and oxygen atoms in total. The molecule has 1 aliphatic heterocycles. The van der Waals surface area contributed by atoms with E-state index in [0.29, 0.717) is 13.1 Å². The maximum Gasteiger partial charge on any atom is 0.410 e. The summed E-state index contributed by atoms with van der Waals surface area (Å²) < 4.78 is 27.7. The van der Waals surface area contributed by atoms with Crippen LogP contribution >= 0.6 is 10.7 Å². The van der Waals surface area contributed by atoms with E-state index in [0.717, 1.165) is 12.0 Å². The van der Waals surface area contributed by atoms with Crippen LogP contribution in [0.15, 0.2) is 30.3 Å². The Kier molecular flexibility index (Phi) is 3.61. The van der Waals surface area contributed by atoms with Crippen molar-refractivity contribution < 1.29 is 17.9 Å². The highest BCUT2D eigenvalue weighted by molar-refractivity contribution is 8.13. The quantitative estimate of drug-likeness (QED) is 0.794. The molecule has 0 spiro atoms. The molecule has 0 radical (unpaired) electrons. The molecule has 114 valence electrons. The Morgan fingerprint density at radius 2 is 2.10 bits per heavy atom. The predicted molar refractivity (Wildman–Crippen MR) is 78.4 cm³/mol. The first-order chi connectivity index (χ1) is 9.88. The van der Waals surface area contributed by atoms with Crippen molar-refractivity contribution in [2.45, 2.75) is 13.0 Å². The van der Waals surface area contributed by atoms with Crippen molar-refractivity contribution in [2.24, 2.45) is 11.3 Å². The van der Waals surface area contributed by atoms with Gasteiger partial charge in [0.05, 0.1) is 5.75 Å². The molecule has 3 rings (SSSR count). The summed E-state index contributed by atoms with van der Waals surface area (Å²) >= 11 is 0. The normalized spacial score (nSPS) is 27.3. The van der Waals surface area contributed by atoms with E-state index >= 15 is 0 Å². The van der Waals surface area contributed by atoms with Gasteiger partial charge in [0.2, 0.25) is 9.05 Å². The molecule has 7 heteroatoms. The number of carbonyl (C=O) groups excluding carboxylic acids is 1. The van der Waals surface area contributed by atoms with Crippen LogP contribution in [0.25, 0.3) is 0 Å². The van der Waals surface area contributed by atoms with Gasteiger partial charge in [-0.1, -0.05) is 30.3 Å². The van der Waals surface area contributed by atoms with Crippen molar-refractivity contribution in [3.8, 4) is 0 Å². The summed E-state index contributed by atoms with van der Waals surface area (Å²) in [5.74, 6) is 0.171. The van der Waals surface area contributed by atoms with Crippen molar-refractivity contribution in [3.05, 3.63) is 35.9 Å². The van der Waals surface area contributed by atoms with Crippen LogP contribution in [0.5, 0.6) is 0 Å². The first-order valence-electron chi connectivity index (χ1n) is 6.76. The van der Waals surface area contributed by atoms with Crippen LogP contribution in [0.3, 0.4) is 0 Å². The Bertz CT molecular complexity index is 648. The van der Waals surface area contributed by atoms with Gasteiger partial charge < -0.3 is 9.64 Å². The highest BCUT2D eigenvalue weighted by Crippen LogP contribution is 2.58. The highest BCUT2D eigenvalue weighted by atomic mass is 35.7. The fourth-order valence-electron chi connectivity index (χ4n) is 3.11. The van der Waals surface area contributed by atoms with Crippen LogP contribution in [0.1, 0.15) is 12.0 Å². The summed E-state index contributed by atoms with van der Waals surface area (Å²) in [5, 5.41) is 0. The average molecular weight is 330 g/mol. The van der Waals surface area contributed by atoms with Gasteiger partial charge in [0, 0.05) is 29.2 Å². The van der Waals surface area contributed by atoms with Crippen LogP contribution in [0.4, 0.5) is 4.79 Å². The van der Waals surface area contributed by atoms with Crippen LogP contribution < -0.4 is 0 Å². The molecule has 0 N–H and O–H groups in total. The van der Waals surface area contributed by atoms with Gasteiger partial charge in [-0.3, -0.25) is 0 Å². The zero-order chi connectivity index (χ0) is 15.1. The van der Waals surface area contributed by atoms with Crippen molar-refractivity contribution >= 4 is 25.8 Å². The van der Waals surface area contributed by atoms with Gasteiger partial charge in [0.25, 0.3) is 0 Å². The molecule has 21 heavy (non-hydrogen) atoms. The Morgan fingerprint density at radius 1 is 1.38 bits per heavy atom. The van der Waals surface area contributed by atoms with Crippen LogP contribution in [0.2, 0.25) is 0 Å². The number of nitrogens with zero attached hydrogens (tertiary/aromatic N) is 1. The molecule has 1 saturated carbocycles. The molecule has 2 fully saturated rings. The summed E-state index contributed by atoms with van der Waals surface area (Å²) in [4.78, 5) is 13.6. The van der Waals surface area contributed by atoms with Crippen LogP contribution in [0, 0.1) is 11.3 Å². The van der Waals surface area contributed by atoms with Gasteiger partial charge >= 0.3 is 6.09 Å². The molecule has 2 atom stereocenters. The van der Waals surface area contributed by atoms with E-state index in [2.05, 4.69) is 0 Å². The molecular formula is C14H16ClNO4S. The van der Waals surface area contributed by atoms with Gasteiger partial charge in [-0.2, -0.15) is 0 Å². The van der Waals surface area contributed by atoms with Crippen molar-refractivity contribution in [3.63, 3.8) is 0 Å². The second kappa shape index (κ2) is 5.18. The average Bonchev–Trinajstić information content (AvgIpc) is 2.94. The minimum absolute atomic E-state index is 0.0608. The Hall–Kier alpha value is -1.27. The molecule has 1 heterocycles. The summed E-state index contributed by atoms with van der Waals surface area (Å²) in [6, 6.07) is 9.44. The molecular weight excluding hydrogens is 314 g/mol. The number of ether oxygens (including phenoxy) is 1. The number of hydrogen-bond acceptors (Lipinski definition) is 4. The zero-order valence-electron chi connectivity index (χ0n) is 11.4. The minimum Gasteiger partial charge on any atom is -0.445 e. The first kappa shape index (κ1) is 14.7. The Morgan fingerprint density at radius 3 is 2.76 bits per heavy atom. The van der Waals surface area contributed by atoms with E-state index in [1.807, 2.05) is 30.3 Å². The number of hydrogen-bond donors (Lipinski definition) is 0. The van der Waals surface area contributed by atoms with Crippen molar-refractivity contribution in [1.29, 1.82) is 0 Å². The lowest BCUT2D eigenvalue weighted by molar-refractivity contribution is 0.0986. The molecule has 2 unspecified atom stereocenters. The largest absolute Gasteiger partial charge is 0.445 e. The lowest BCUT2D eigenvalue weighted by Crippen LogP contribution is -2.33. The van der Waals surface area contributed by atoms with E-state index in [4.69, 9.17) is 15.4 Å². The van der Waals surface area contributed by atoms with Crippen LogP contribution in [-0.2, 0) is 20.4 Å². The number of likely N-dealkylation sites (tertiary alicyclic amines) is 1. The molecule has 1 aromatic rings. The molecule has 2 aliphatic rings. The fraction of sp³-hybridized carbons (Fsp3) is 0.500. The maximum atomic E-state index is 12.0. The number of amides is 1. The topological polar surface area (TPSA) is 63.7 Å². The lowest BCUT2D eigenvalue weighted by Gasteiger charge is -2.20. The number of carbonyl (C=O) groups is 1. The molecule has 1 aliphatic carbocycles. The van der Waals surface area contributed by atoms with Gasteiger partial charge in [0.15, 0.2) is 0 Å². The number of piperidine rings is 1. The maximum absolute atomic E-state index is 12.0. The van der Waals surface area contributed by atoms with E-state index in [-0.39, 0.29) is 23.7 Å². The SMILES string of the molecule is O=C(OCc1ccccc1)N1CC2CC2(CS(=O)(=O)Cl)C1. The molecule has 1 saturated heterocycles. The second-order valence-corrected chi connectivity index (χ2v) is 8.64. The lowest BCUT2D eigenvalue weighted by atomic mass is 10.1. The smallest absolute Gasteiger partial charge is 0.410 e. The summed E-state index contributed by atoms with van der Waals surface area (Å²) in [6.07, 6.45) is 0.430. The number of benzene rings is 1. The van der Waals surface area contributed by atoms with Crippen molar-refractivity contribution in [1.82, 2.24) is 4.90 Å². The molecule has 0 aromatic heterocycles. The van der Waals surface area contributed by atoms with E-state index < -0.39 is 15.1 Å². The number of fused-ring (bicyclic) bond motifs is 1. The first-order valence-corrected chi connectivity index (χ1v) is 9.24. The van der Waals surface area contributed by atoms with Gasteiger partial charge in [0.1, 0.15) is 6.61 Å². The van der Waals surface area contributed by atoms with E-state index in [1.165, 1.54) is 0 Å². The molecule has 0 bridgehead atoms. The summed E-state index contributed by atoms with van der Waals surface area (Å²) in [6.45, 7) is 1.19. The monoisotopic (exact) mass is 329 g/mol. The second-order valence-electron chi connectivity index (χ2n) is 5.87. The number of halogens is 1. The van der Waals surface area contributed by atoms with Gasteiger partial charge in [-0.25, -0.2) is 13.2 Å². The Labute approximate surface area is 128 Å². The minimum atomic E-state index is -3.54. The number of rotatable bonds is 4. The zero-order valence-corrected chi connectivity index (χ0v) is 12.9. The fourth-order valence-corrected chi connectivity index (χ4v) is 4.89. The third kappa shape index (κ3) is 3.32. The molecule has 1 amide bonds. The standard InChI is InChI=1S/C14H16ClNO4S/c15-21(18,19)10-14-6-12(14)7-16(9-14)13(17)20-8-11-4-2-1-3-5-11/h1-5,12H,6-10H2. The third-order valence-electron chi connectivity index (χ3n) is 4.23. The highest BCUT2D eigenvalue weighted by Gasteiger charge is 2.62. The Balaban J connectivity index is 1.54. The third-order valence-corrected chi connectivity index (χ3v) is 5.48. The summed E-state index contributed by atoms with van der Waals surface area (Å²) in [5.41, 5.74) is 0.583. The predicted octanol–water partition coefficient (Wildman–Crippen LogP) is 2.21. The van der Waals surface area contributed by atoms with Gasteiger partial charge in [-0.15, -0.1) is 0 Å². The van der Waals surface area contributed by atoms with Crippen LogP contribution in [-0.4, -0.2) is 38.3 Å². The summed E-state index contributed by atoms with van der Waals surface area (Å²) in [7, 11) is 1.80. The van der Waals surface area contributed by atoms with Gasteiger partial charge in [-0.05, 0) is 17.9 Å². The van der Waals surface area contributed by atoms with E-state index in [1.54, 1.807) is 4.90 Å². The van der Waals surface area contributed by atoms with E-state index in [9.17, 15) is 13.2 Å².